The topological polar surface area (TPSA) is 58.2 Å². The number of benzene rings is 2. The van der Waals surface area contributed by atoms with Gasteiger partial charge in [-0.1, -0.05) is 23.7 Å². The van der Waals surface area contributed by atoms with E-state index in [9.17, 15) is 18.4 Å². The normalized spacial score (nSPS) is 14.6. The van der Waals surface area contributed by atoms with Crippen molar-refractivity contribution in [2.45, 2.75) is 19.3 Å². The van der Waals surface area contributed by atoms with E-state index in [0.29, 0.717) is 30.8 Å². The maximum absolute atomic E-state index is 13.2. The SMILES string of the molecule is O=C(NCCc1ccc(Cl)cc1)C1(C(=O)Nc2ccc(F)c(F)c2)CC1. The molecule has 0 aromatic heterocycles. The summed E-state index contributed by atoms with van der Waals surface area (Å²) in [5, 5.41) is 5.90. The highest BCUT2D eigenvalue weighted by atomic mass is 35.5. The molecule has 4 nitrogen and oxygen atoms in total. The smallest absolute Gasteiger partial charge is 0.240 e. The van der Waals surface area contributed by atoms with E-state index >= 15 is 0 Å². The third-order valence-corrected chi connectivity index (χ3v) is 4.66. The number of nitrogens with one attached hydrogen (secondary N) is 2. The van der Waals surface area contributed by atoms with E-state index in [1.807, 2.05) is 12.1 Å². The molecule has 0 heterocycles. The average Bonchev–Trinajstić information content (AvgIpc) is 3.42. The molecule has 2 aromatic rings. The van der Waals surface area contributed by atoms with Gasteiger partial charge in [-0.2, -0.15) is 0 Å². The minimum absolute atomic E-state index is 0.120. The number of halogens is 3. The molecule has 0 spiro atoms. The zero-order chi connectivity index (χ0) is 18.7. The summed E-state index contributed by atoms with van der Waals surface area (Å²) in [5.74, 6) is -2.91. The Hall–Kier alpha value is -2.47. The number of hydrogen-bond donors (Lipinski definition) is 2. The van der Waals surface area contributed by atoms with Crippen molar-refractivity contribution in [1.82, 2.24) is 5.32 Å². The predicted molar refractivity (Wildman–Crippen MR) is 94.8 cm³/mol. The Morgan fingerprint density at radius 2 is 1.69 bits per heavy atom. The molecule has 0 radical (unpaired) electrons. The largest absolute Gasteiger partial charge is 0.355 e. The maximum Gasteiger partial charge on any atom is 0.240 e. The molecule has 3 rings (SSSR count). The van der Waals surface area contributed by atoms with Gasteiger partial charge in [-0.3, -0.25) is 9.59 Å². The molecule has 0 bridgehead atoms. The van der Waals surface area contributed by atoms with E-state index in [1.54, 1.807) is 12.1 Å². The summed E-state index contributed by atoms with van der Waals surface area (Å²) in [7, 11) is 0. The Kier molecular flexibility index (Phi) is 5.23. The first-order chi connectivity index (χ1) is 12.4. The number of carbonyl (C=O) groups is 2. The van der Waals surface area contributed by atoms with Gasteiger partial charge in [0.1, 0.15) is 5.41 Å². The molecule has 0 aliphatic heterocycles. The third kappa shape index (κ3) is 4.02. The third-order valence-electron chi connectivity index (χ3n) is 4.41. The standard InChI is InChI=1S/C19H17ClF2N2O2/c20-13-3-1-12(2-4-13)7-10-23-17(25)19(8-9-19)18(26)24-14-5-6-15(21)16(22)11-14/h1-6,11H,7-10H2,(H,23,25)(H,24,26). The van der Waals surface area contributed by atoms with Gasteiger partial charge in [0.05, 0.1) is 0 Å². The van der Waals surface area contributed by atoms with Gasteiger partial charge in [0.2, 0.25) is 11.8 Å². The number of anilines is 1. The van der Waals surface area contributed by atoms with Gasteiger partial charge in [0.15, 0.2) is 11.6 Å². The molecule has 2 aromatic carbocycles. The second-order valence-corrected chi connectivity index (χ2v) is 6.73. The Bertz CT molecular complexity index is 836. The molecular weight excluding hydrogens is 362 g/mol. The summed E-state index contributed by atoms with van der Waals surface area (Å²) in [6.45, 7) is 0.390. The maximum atomic E-state index is 13.2. The Balaban J connectivity index is 1.55. The van der Waals surface area contributed by atoms with Crippen LogP contribution < -0.4 is 10.6 Å². The van der Waals surface area contributed by atoms with Crippen LogP contribution in [0.15, 0.2) is 42.5 Å². The van der Waals surface area contributed by atoms with Crippen molar-refractivity contribution in [3.05, 3.63) is 64.7 Å². The van der Waals surface area contributed by atoms with Gasteiger partial charge < -0.3 is 10.6 Å². The fourth-order valence-corrected chi connectivity index (χ4v) is 2.77. The molecule has 1 saturated carbocycles. The van der Waals surface area contributed by atoms with E-state index in [-0.39, 0.29) is 11.6 Å². The summed E-state index contributed by atoms with van der Waals surface area (Å²) in [6, 6.07) is 10.4. The second-order valence-electron chi connectivity index (χ2n) is 6.30. The lowest BCUT2D eigenvalue weighted by atomic mass is 10.0. The highest BCUT2D eigenvalue weighted by Crippen LogP contribution is 2.46. The van der Waals surface area contributed by atoms with Crippen LogP contribution in [0.4, 0.5) is 14.5 Å². The van der Waals surface area contributed by atoms with E-state index < -0.39 is 23.0 Å². The Morgan fingerprint density at radius 3 is 2.31 bits per heavy atom. The van der Waals surface area contributed by atoms with Crippen molar-refractivity contribution in [2.75, 3.05) is 11.9 Å². The highest BCUT2D eigenvalue weighted by molar-refractivity contribution is 6.30. The molecule has 0 atom stereocenters. The number of amides is 2. The van der Waals surface area contributed by atoms with Crippen LogP contribution in [0.25, 0.3) is 0 Å². The lowest BCUT2D eigenvalue weighted by Gasteiger charge is -2.15. The zero-order valence-electron chi connectivity index (χ0n) is 13.8. The Morgan fingerprint density at radius 1 is 1.00 bits per heavy atom. The van der Waals surface area contributed by atoms with Crippen molar-refractivity contribution < 1.29 is 18.4 Å². The lowest BCUT2D eigenvalue weighted by molar-refractivity contribution is -0.134. The van der Waals surface area contributed by atoms with E-state index in [0.717, 1.165) is 17.7 Å². The van der Waals surface area contributed by atoms with E-state index in [1.165, 1.54) is 6.07 Å². The van der Waals surface area contributed by atoms with Crippen LogP contribution in [0.2, 0.25) is 5.02 Å². The first-order valence-electron chi connectivity index (χ1n) is 8.20. The van der Waals surface area contributed by atoms with Crippen LogP contribution in [0, 0.1) is 17.0 Å². The van der Waals surface area contributed by atoms with Gasteiger partial charge in [0.25, 0.3) is 0 Å². The number of hydrogen-bond acceptors (Lipinski definition) is 2. The summed E-state index contributed by atoms with van der Waals surface area (Å²) in [5.41, 5.74) is 0.00475. The highest BCUT2D eigenvalue weighted by Gasteiger charge is 2.56. The van der Waals surface area contributed by atoms with Crippen LogP contribution >= 0.6 is 11.6 Å². The summed E-state index contributed by atoms with van der Waals surface area (Å²) in [6.07, 6.45) is 1.47. The molecule has 1 aliphatic carbocycles. The van der Waals surface area contributed by atoms with Crippen LogP contribution in [0.3, 0.4) is 0 Å². The molecule has 7 heteroatoms. The first-order valence-corrected chi connectivity index (χ1v) is 8.58. The van der Waals surface area contributed by atoms with Gasteiger partial charge >= 0.3 is 0 Å². The molecular formula is C19H17ClF2N2O2. The number of carbonyl (C=O) groups excluding carboxylic acids is 2. The average molecular weight is 379 g/mol. The molecule has 1 fully saturated rings. The molecule has 1 aliphatic rings. The summed E-state index contributed by atoms with van der Waals surface area (Å²) >= 11 is 5.83. The van der Waals surface area contributed by atoms with Crippen LogP contribution in [-0.4, -0.2) is 18.4 Å². The van der Waals surface area contributed by atoms with Gasteiger partial charge in [0, 0.05) is 23.3 Å². The van der Waals surface area contributed by atoms with Gasteiger partial charge in [-0.25, -0.2) is 8.78 Å². The van der Waals surface area contributed by atoms with Crippen LogP contribution in [0.5, 0.6) is 0 Å². The Labute approximate surface area is 154 Å². The lowest BCUT2D eigenvalue weighted by Crippen LogP contribution is -2.40. The minimum Gasteiger partial charge on any atom is -0.355 e. The fraction of sp³-hybridized carbons (Fsp3) is 0.263. The second kappa shape index (κ2) is 7.41. The van der Waals surface area contributed by atoms with Crippen molar-refractivity contribution in [3.8, 4) is 0 Å². The molecule has 2 N–H and O–H groups in total. The van der Waals surface area contributed by atoms with Gasteiger partial charge in [-0.15, -0.1) is 0 Å². The van der Waals surface area contributed by atoms with E-state index in [2.05, 4.69) is 10.6 Å². The molecule has 0 saturated heterocycles. The molecule has 2 amide bonds. The first kappa shape index (κ1) is 18.3. The predicted octanol–water partition coefficient (Wildman–Crippen LogP) is 3.70. The van der Waals surface area contributed by atoms with Crippen molar-refractivity contribution in [1.29, 1.82) is 0 Å². The fourth-order valence-electron chi connectivity index (χ4n) is 2.65. The quantitative estimate of drug-likeness (QED) is 0.753. The monoisotopic (exact) mass is 378 g/mol. The van der Waals surface area contributed by atoms with Crippen LogP contribution in [0.1, 0.15) is 18.4 Å². The molecule has 26 heavy (non-hydrogen) atoms. The minimum atomic E-state index is -1.13. The molecule has 0 unspecified atom stereocenters. The van der Waals surface area contributed by atoms with Crippen molar-refractivity contribution >= 4 is 29.1 Å². The number of rotatable bonds is 6. The van der Waals surface area contributed by atoms with Gasteiger partial charge in [-0.05, 0) is 49.1 Å². The zero-order valence-corrected chi connectivity index (χ0v) is 14.6. The molecule has 136 valence electrons. The van der Waals surface area contributed by atoms with E-state index in [4.69, 9.17) is 11.6 Å². The summed E-state index contributed by atoms with van der Waals surface area (Å²) in [4.78, 5) is 24.8. The summed E-state index contributed by atoms with van der Waals surface area (Å²) < 4.78 is 26.2. The van der Waals surface area contributed by atoms with Crippen molar-refractivity contribution in [3.63, 3.8) is 0 Å². The van der Waals surface area contributed by atoms with Crippen molar-refractivity contribution in [2.24, 2.45) is 5.41 Å². The van der Waals surface area contributed by atoms with Crippen LogP contribution in [-0.2, 0) is 16.0 Å².